The van der Waals surface area contributed by atoms with Crippen LogP contribution < -0.4 is 0 Å². The maximum Gasteiger partial charge on any atom is 0.312 e. The van der Waals surface area contributed by atoms with Crippen LogP contribution in [0.4, 0.5) is 0 Å². The number of rotatable bonds is 14. The smallest absolute Gasteiger partial charge is 0.312 e. The summed E-state index contributed by atoms with van der Waals surface area (Å²) in [5.74, 6) is -2.27. The number of aliphatic hydroxyl groups excluding tert-OH is 1. The van der Waals surface area contributed by atoms with Crippen molar-refractivity contribution in [2.75, 3.05) is 26.3 Å². The Morgan fingerprint density at radius 3 is 2.51 bits per heavy atom. The number of unbranched alkanes of at least 4 members (excludes halogenated alkanes) is 4. The van der Waals surface area contributed by atoms with E-state index in [0.717, 1.165) is 25.7 Å². The van der Waals surface area contributed by atoms with E-state index in [1.165, 1.54) is 0 Å². The van der Waals surface area contributed by atoms with Crippen LogP contribution in [0.5, 0.6) is 0 Å². The Labute approximate surface area is 222 Å². The molecule has 0 aliphatic carbocycles. The Morgan fingerprint density at radius 1 is 1.16 bits per heavy atom. The monoisotopic (exact) mass is 518 g/mol. The molecule has 3 aliphatic rings. The number of carbonyl (C=O) groups excluding carboxylic acids is 3. The van der Waals surface area contributed by atoms with E-state index in [0.29, 0.717) is 38.8 Å². The molecule has 5 atom stereocenters. The number of amides is 2. The predicted octanol–water partition coefficient (Wildman–Crippen LogP) is 3.63. The first kappa shape index (κ1) is 29.4. The van der Waals surface area contributed by atoms with Crippen LogP contribution >= 0.6 is 0 Å². The fraction of sp³-hybridized carbons (Fsp3) is 0.759. The minimum Gasteiger partial charge on any atom is -0.465 e. The number of likely N-dealkylation sites (tertiary alicyclic amines) is 1. The highest BCUT2D eigenvalue weighted by Gasteiger charge is 2.78. The summed E-state index contributed by atoms with van der Waals surface area (Å²) in [5, 5.41) is 9.20. The van der Waals surface area contributed by atoms with Crippen LogP contribution in [-0.4, -0.2) is 81.8 Å². The minimum absolute atomic E-state index is 0.0855. The molecule has 3 saturated heterocycles. The first-order chi connectivity index (χ1) is 17.5. The van der Waals surface area contributed by atoms with Crippen LogP contribution in [0, 0.1) is 11.8 Å². The van der Waals surface area contributed by atoms with Gasteiger partial charge in [-0.3, -0.25) is 14.4 Å². The third-order valence-electron chi connectivity index (χ3n) is 8.26. The van der Waals surface area contributed by atoms with Gasteiger partial charge in [0.05, 0.1) is 18.1 Å². The summed E-state index contributed by atoms with van der Waals surface area (Å²) >= 11 is 0. The molecule has 0 saturated carbocycles. The highest BCUT2D eigenvalue weighted by molar-refractivity contribution is 5.98. The van der Waals surface area contributed by atoms with Crippen molar-refractivity contribution in [3.05, 3.63) is 25.3 Å². The molecule has 1 N–H and O–H groups in total. The van der Waals surface area contributed by atoms with Gasteiger partial charge < -0.3 is 24.4 Å². The largest absolute Gasteiger partial charge is 0.465 e. The molecule has 2 unspecified atom stereocenters. The van der Waals surface area contributed by atoms with Crippen LogP contribution in [0.2, 0.25) is 0 Å². The Kier molecular flexibility index (Phi) is 9.27. The van der Waals surface area contributed by atoms with Crippen molar-refractivity contribution in [1.82, 2.24) is 9.80 Å². The van der Waals surface area contributed by atoms with Crippen LogP contribution in [-0.2, 0) is 23.9 Å². The van der Waals surface area contributed by atoms with Crippen LogP contribution in [0.1, 0.15) is 79.1 Å². The van der Waals surface area contributed by atoms with Crippen molar-refractivity contribution in [3.63, 3.8) is 0 Å². The highest BCUT2D eigenvalue weighted by Crippen LogP contribution is 2.63. The normalized spacial score (nSPS) is 30.4. The Balaban J connectivity index is 1.94. The van der Waals surface area contributed by atoms with E-state index in [-0.39, 0.29) is 25.0 Å². The molecule has 3 fully saturated rings. The van der Waals surface area contributed by atoms with E-state index in [4.69, 9.17) is 9.47 Å². The van der Waals surface area contributed by atoms with Crippen LogP contribution in [0.25, 0.3) is 0 Å². The second kappa shape index (κ2) is 11.7. The molecule has 2 amide bonds. The molecule has 2 bridgehead atoms. The maximum atomic E-state index is 14.2. The molecule has 3 rings (SSSR count). The fourth-order valence-corrected chi connectivity index (χ4v) is 6.50. The Morgan fingerprint density at radius 2 is 1.89 bits per heavy atom. The summed E-state index contributed by atoms with van der Waals surface area (Å²) in [6, 6.07) is -0.814. The van der Waals surface area contributed by atoms with Crippen molar-refractivity contribution in [1.29, 1.82) is 0 Å². The summed E-state index contributed by atoms with van der Waals surface area (Å²) in [7, 11) is 0. The van der Waals surface area contributed by atoms with Gasteiger partial charge in [0.2, 0.25) is 11.8 Å². The van der Waals surface area contributed by atoms with Crippen molar-refractivity contribution < 1.29 is 29.0 Å². The number of esters is 1. The van der Waals surface area contributed by atoms with Gasteiger partial charge in [-0.05, 0) is 79.1 Å². The summed E-state index contributed by atoms with van der Waals surface area (Å²) in [5.41, 5.74) is -2.39. The summed E-state index contributed by atoms with van der Waals surface area (Å²) < 4.78 is 12.3. The van der Waals surface area contributed by atoms with E-state index < -0.39 is 40.6 Å². The quantitative estimate of drug-likeness (QED) is 0.214. The van der Waals surface area contributed by atoms with Gasteiger partial charge in [0.1, 0.15) is 17.6 Å². The molecule has 8 heteroatoms. The number of allylic oxidation sites excluding steroid dienone is 1. The number of hydrogen-bond donors (Lipinski definition) is 1. The molecule has 1 spiro atoms. The number of aliphatic hydroxyl groups is 1. The molecule has 0 radical (unpaired) electrons. The second-order valence-electron chi connectivity index (χ2n) is 11.9. The van der Waals surface area contributed by atoms with Crippen LogP contribution in [0.3, 0.4) is 0 Å². The average Bonchev–Trinajstić information content (AvgIpc) is 3.39. The summed E-state index contributed by atoms with van der Waals surface area (Å²) in [4.78, 5) is 45.1. The SMILES string of the molecule is C=CCCCCOC(=O)[C@@H]1[C@H]2C(=O)N(CCCCCO)C(C(=O)N(CC=C)C(C)(C)C)C23CC[C@@]1(C)O3. The van der Waals surface area contributed by atoms with E-state index in [2.05, 4.69) is 13.2 Å². The predicted molar refractivity (Wildman–Crippen MR) is 142 cm³/mol. The van der Waals surface area contributed by atoms with E-state index >= 15 is 0 Å². The second-order valence-corrected chi connectivity index (χ2v) is 11.9. The Hall–Kier alpha value is -2.19. The lowest BCUT2D eigenvalue weighted by molar-refractivity contribution is -0.161. The zero-order chi connectivity index (χ0) is 27.4. The van der Waals surface area contributed by atoms with E-state index in [1.807, 2.05) is 33.8 Å². The maximum absolute atomic E-state index is 14.2. The van der Waals surface area contributed by atoms with Gasteiger partial charge in [0.15, 0.2) is 0 Å². The standard InChI is InChI=1S/C29H46N2O6/c1-7-9-10-14-20-36-26(35)22-21-24(33)30(18-12-11-13-19-32)23(29(21)16-15-28(22,6)37-29)25(34)31(17-8-2)27(3,4)5/h7-8,21-23,32H,1-2,9-20H2,3-6H3/t21-,22-,23?,28+,29?/m0/s1. The van der Waals surface area contributed by atoms with Crippen molar-refractivity contribution in [3.8, 4) is 0 Å². The van der Waals surface area contributed by atoms with Gasteiger partial charge >= 0.3 is 5.97 Å². The van der Waals surface area contributed by atoms with Crippen molar-refractivity contribution in [2.45, 2.75) is 102 Å². The Bertz CT molecular complexity index is 882. The molecule has 3 heterocycles. The zero-order valence-electron chi connectivity index (χ0n) is 23.2. The number of nitrogens with zero attached hydrogens (tertiary/aromatic N) is 2. The first-order valence-electron chi connectivity index (χ1n) is 13.8. The highest BCUT2D eigenvalue weighted by atomic mass is 16.6. The summed E-state index contributed by atoms with van der Waals surface area (Å²) in [6.07, 6.45) is 9.16. The van der Waals surface area contributed by atoms with Crippen molar-refractivity contribution in [2.24, 2.45) is 11.8 Å². The topological polar surface area (TPSA) is 96.4 Å². The van der Waals surface area contributed by atoms with Gasteiger partial charge in [0, 0.05) is 25.2 Å². The molecule has 0 aromatic rings. The number of ether oxygens (including phenoxy) is 2. The van der Waals surface area contributed by atoms with Gasteiger partial charge in [-0.15, -0.1) is 13.2 Å². The molecular formula is C29H46N2O6. The third kappa shape index (κ3) is 5.51. The lowest BCUT2D eigenvalue weighted by atomic mass is 9.66. The molecular weight excluding hydrogens is 472 g/mol. The van der Waals surface area contributed by atoms with Crippen molar-refractivity contribution >= 4 is 17.8 Å². The minimum atomic E-state index is -1.06. The lowest BCUT2D eigenvalue weighted by Gasteiger charge is -2.42. The van der Waals surface area contributed by atoms with Gasteiger partial charge in [-0.1, -0.05) is 12.2 Å². The summed E-state index contributed by atoms with van der Waals surface area (Å²) in [6.45, 7) is 16.4. The average molecular weight is 519 g/mol. The molecule has 0 aromatic carbocycles. The number of hydrogen-bond acceptors (Lipinski definition) is 6. The zero-order valence-corrected chi connectivity index (χ0v) is 23.2. The first-order valence-corrected chi connectivity index (χ1v) is 13.8. The molecule has 3 aliphatic heterocycles. The van der Waals surface area contributed by atoms with Crippen LogP contribution in [0.15, 0.2) is 25.3 Å². The molecule has 208 valence electrons. The van der Waals surface area contributed by atoms with Gasteiger partial charge in [-0.25, -0.2) is 0 Å². The van der Waals surface area contributed by atoms with Gasteiger partial charge in [0.25, 0.3) is 0 Å². The number of carbonyl (C=O) groups is 3. The molecule has 37 heavy (non-hydrogen) atoms. The molecule has 0 aromatic heterocycles. The van der Waals surface area contributed by atoms with E-state index in [1.54, 1.807) is 15.9 Å². The van der Waals surface area contributed by atoms with Gasteiger partial charge in [-0.2, -0.15) is 0 Å². The van der Waals surface area contributed by atoms with E-state index in [9.17, 15) is 19.5 Å². The molecule has 8 nitrogen and oxygen atoms in total. The fourth-order valence-electron chi connectivity index (χ4n) is 6.50. The lowest BCUT2D eigenvalue weighted by Crippen LogP contribution is -2.60. The number of fused-ring (bicyclic) bond motifs is 1. The third-order valence-corrected chi connectivity index (χ3v) is 8.26.